The number of hydrogen-bond donors (Lipinski definition) is 1. The molecule has 2 heterocycles. The number of amides is 1. The SMILES string of the molecule is CCc1ccccc1-n1cnnc1SCC(=O)N1CCN(c2cccc(O)c2)CC1. The largest absolute Gasteiger partial charge is 0.508 e. The third-order valence-corrected chi connectivity index (χ3v) is 6.23. The van der Waals surface area contributed by atoms with Crippen LogP contribution in [-0.2, 0) is 11.2 Å². The summed E-state index contributed by atoms with van der Waals surface area (Å²) in [5.41, 5.74) is 3.26. The molecule has 1 aliphatic heterocycles. The number of rotatable bonds is 6. The first-order chi connectivity index (χ1) is 14.7. The van der Waals surface area contributed by atoms with Crippen molar-refractivity contribution in [2.45, 2.75) is 18.5 Å². The molecule has 4 rings (SSSR count). The Labute approximate surface area is 180 Å². The van der Waals surface area contributed by atoms with Gasteiger partial charge in [0.15, 0.2) is 5.16 Å². The van der Waals surface area contributed by atoms with Crippen molar-refractivity contribution in [3.63, 3.8) is 0 Å². The van der Waals surface area contributed by atoms with Crippen LogP contribution in [0.1, 0.15) is 12.5 Å². The van der Waals surface area contributed by atoms with E-state index in [2.05, 4.69) is 34.2 Å². The zero-order valence-electron chi connectivity index (χ0n) is 16.9. The van der Waals surface area contributed by atoms with Crippen LogP contribution < -0.4 is 4.90 Å². The molecule has 0 spiro atoms. The Morgan fingerprint density at radius 1 is 1.10 bits per heavy atom. The van der Waals surface area contributed by atoms with Crippen molar-refractivity contribution < 1.29 is 9.90 Å². The van der Waals surface area contributed by atoms with Crippen molar-refractivity contribution in [1.82, 2.24) is 19.7 Å². The Bertz CT molecular complexity index is 1010. The fourth-order valence-corrected chi connectivity index (χ4v) is 4.48. The molecule has 7 nitrogen and oxygen atoms in total. The number of aromatic nitrogens is 3. The van der Waals surface area contributed by atoms with Crippen LogP contribution in [0.3, 0.4) is 0 Å². The van der Waals surface area contributed by atoms with Gasteiger partial charge >= 0.3 is 0 Å². The Morgan fingerprint density at radius 2 is 1.90 bits per heavy atom. The zero-order valence-corrected chi connectivity index (χ0v) is 17.8. The first-order valence-corrected chi connectivity index (χ1v) is 11.1. The minimum absolute atomic E-state index is 0.105. The lowest BCUT2D eigenvalue weighted by Crippen LogP contribution is -2.49. The van der Waals surface area contributed by atoms with E-state index in [4.69, 9.17) is 0 Å². The first-order valence-electron chi connectivity index (χ1n) is 10.1. The van der Waals surface area contributed by atoms with Gasteiger partial charge in [0.05, 0.1) is 11.4 Å². The molecular weight excluding hydrogens is 398 g/mol. The van der Waals surface area contributed by atoms with Gasteiger partial charge in [0, 0.05) is 37.9 Å². The Hall–Kier alpha value is -3.00. The van der Waals surface area contributed by atoms with Gasteiger partial charge in [-0.25, -0.2) is 0 Å². The number of carbonyl (C=O) groups excluding carboxylic acids is 1. The highest BCUT2D eigenvalue weighted by Crippen LogP contribution is 2.24. The molecule has 1 aliphatic rings. The van der Waals surface area contributed by atoms with Gasteiger partial charge in [0.25, 0.3) is 0 Å². The van der Waals surface area contributed by atoms with Gasteiger partial charge in [-0.05, 0) is 30.2 Å². The fraction of sp³-hybridized carbons (Fsp3) is 0.318. The molecule has 0 bridgehead atoms. The smallest absolute Gasteiger partial charge is 0.233 e. The molecule has 0 unspecified atom stereocenters. The van der Waals surface area contributed by atoms with Gasteiger partial charge in [0.1, 0.15) is 12.1 Å². The van der Waals surface area contributed by atoms with Crippen LogP contribution in [0.5, 0.6) is 5.75 Å². The summed E-state index contributed by atoms with van der Waals surface area (Å²) >= 11 is 1.42. The van der Waals surface area contributed by atoms with Crippen molar-refractivity contribution in [3.8, 4) is 11.4 Å². The summed E-state index contributed by atoms with van der Waals surface area (Å²) in [6.45, 7) is 4.95. The average molecular weight is 424 g/mol. The fourth-order valence-electron chi connectivity index (χ4n) is 3.65. The predicted molar refractivity (Wildman–Crippen MR) is 118 cm³/mol. The van der Waals surface area contributed by atoms with Crippen LogP contribution >= 0.6 is 11.8 Å². The molecule has 1 amide bonds. The highest BCUT2D eigenvalue weighted by molar-refractivity contribution is 7.99. The molecule has 8 heteroatoms. The molecular formula is C22H25N5O2S. The predicted octanol–water partition coefficient (Wildman–Crippen LogP) is 2.98. The summed E-state index contributed by atoms with van der Waals surface area (Å²) in [5.74, 6) is 0.698. The number of hydrogen-bond acceptors (Lipinski definition) is 6. The summed E-state index contributed by atoms with van der Waals surface area (Å²) in [6, 6.07) is 15.4. The van der Waals surface area contributed by atoms with E-state index in [1.165, 1.54) is 17.3 Å². The maximum absolute atomic E-state index is 12.8. The van der Waals surface area contributed by atoms with E-state index >= 15 is 0 Å². The van der Waals surface area contributed by atoms with Crippen LogP contribution in [0.15, 0.2) is 60.0 Å². The molecule has 156 valence electrons. The Kier molecular flexibility index (Phi) is 6.23. The lowest BCUT2D eigenvalue weighted by molar-refractivity contribution is -0.128. The summed E-state index contributed by atoms with van der Waals surface area (Å²) in [7, 11) is 0. The van der Waals surface area contributed by atoms with Crippen LogP contribution in [0.2, 0.25) is 0 Å². The van der Waals surface area contributed by atoms with Gasteiger partial charge in [-0.3, -0.25) is 9.36 Å². The summed E-state index contributed by atoms with van der Waals surface area (Å²) in [4.78, 5) is 16.8. The lowest BCUT2D eigenvalue weighted by Gasteiger charge is -2.36. The van der Waals surface area contributed by atoms with E-state index in [9.17, 15) is 9.90 Å². The highest BCUT2D eigenvalue weighted by Gasteiger charge is 2.22. The molecule has 1 saturated heterocycles. The highest BCUT2D eigenvalue weighted by atomic mass is 32.2. The van der Waals surface area contributed by atoms with Crippen LogP contribution in [0, 0.1) is 0 Å². The van der Waals surface area contributed by atoms with Crippen molar-refractivity contribution in [2.75, 3.05) is 36.8 Å². The summed E-state index contributed by atoms with van der Waals surface area (Å²) < 4.78 is 1.95. The van der Waals surface area contributed by atoms with Crippen LogP contribution in [-0.4, -0.2) is 62.6 Å². The van der Waals surface area contributed by atoms with Crippen LogP contribution in [0.4, 0.5) is 5.69 Å². The number of thioether (sulfide) groups is 1. The molecule has 0 saturated carbocycles. The molecule has 1 fully saturated rings. The minimum atomic E-state index is 0.105. The second kappa shape index (κ2) is 9.21. The third kappa shape index (κ3) is 4.43. The quantitative estimate of drug-likeness (QED) is 0.615. The number of benzene rings is 2. The molecule has 0 atom stereocenters. The van der Waals surface area contributed by atoms with E-state index in [-0.39, 0.29) is 11.7 Å². The van der Waals surface area contributed by atoms with E-state index in [0.717, 1.165) is 36.0 Å². The minimum Gasteiger partial charge on any atom is -0.508 e. The topological polar surface area (TPSA) is 74.5 Å². The van der Waals surface area contributed by atoms with Gasteiger partial charge in [-0.15, -0.1) is 10.2 Å². The number of para-hydroxylation sites is 1. The molecule has 1 N–H and O–H groups in total. The van der Waals surface area contributed by atoms with E-state index in [0.29, 0.717) is 18.8 Å². The number of piperazine rings is 1. The van der Waals surface area contributed by atoms with Gasteiger partial charge in [-0.2, -0.15) is 0 Å². The van der Waals surface area contributed by atoms with Crippen molar-refractivity contribution in [2.24, 2.45) is 0 Å². The summed E-state index contributed by atoms with van der Waals surface area (Å²) in [6.07, 6.45) is 2.62. The van der Waals surface area contributed by atoms with Gasteiger partial charge in [-0.1, -0.05) is 43.0 Å². The number of nitrogens with zero attached hydrogens (tertiary/aromatic N) is 5. The molecule has 3 aromatic rings. The molecule has 1 aromatic heterocycles. The molecule has 0 aliphatic carbocycles. The monoisotopic (exact) mass is 423 g/mol. The summed E-state index contributed by atoms with van der Waals surface area (Å²) in [5, 5.41) is 18.7. The third-order valence-electron chi connectivity index (χ3n) is 5.30. The number of anilines is 1. The first kappa shape index (κ1) is 20.3. The van der Waals surface area contributed by atoms with Gasteiger partial charge < -0.3 is 14.9 Å². The Morgan fingerprint density at radius 3 is 2.67 bits per heavy atom. The second-order valence-electron chi connectivity index (χ2n) is 7.14. The van der Waals surface area contributed by atoms with E-state index < -0.39 is 0 Å². The lowest BCUT2D eigenvalue weighted by atomic mass is 10.1. The number of aryl methyl sites for hydroxylation is 1. The maximum Gasteiger partial charge on any atom is 0.233 e. The maximum atomic E-state index is 12.8. The second-order valence-corrected chi connectivity index (χ2v) is 8.08. The Balaban J connectivity index is 1.35. The number of phenols is 1. The normalized spacial score (nSPS) is 14.2. The van der Waals surface area contributed by atoms with E-state index in [1.54, 1.807) is 18.5 Å². The molecule has 30 heavy (non-hydrogen) atoms. The van der Waals surface area contributed by atoms with Crippen molar-refractivity contribution in [3.05, 3.63) is 60.4 Å². The number of carbonyl (C=O) groups is 1. The zero-order chi connectivity index (χ0) is 20.9. The van der Waals surface area contributed by atoms with Gasteiger partial charge in [0.2, 0.25) is 5.91 Å². The number of aromatic hydroxyl groups is 1. The molecule has 0 radical (unpaired) electrons. The number of phenolic OH excluding ortho intramolecular Hbond substituents is 1. The average Bonchev–Trinajstić information content (AvgIpc) is 3.26. The van der Waals surface area contributed by atoms with Crippen LogP contribution in [0.25, 0.3) is 5.69 Å². The molecule has 2 aromatic carbocycles. The van der Waals surface area contributed by atoms with Crippen molar-refractivity contribution >= 4 is 23.4 Å². The van der Waals surface area contributed by atoms with E-state index in [1.807, 2.05) is 33.7 Å². The van der Waals surface area contributed by atoms with Crippen molar-refractivity contribution in [1.29, 1.82) is 0 Å². The standard InChI is InChI=1S/C22H25N5O2S/c1-2-17-6-3-4-9-20(17)27-16-23-24-22(27)30-15-21(29)26-12-10-25(11-13-26)18-7-5-8-19(28)14-18/h3-9,14,16,28H,2,10-13,15H2,1H3.